The van der Waals surface area contributed by atoms with E-state index < -0.39 is 0 Å². The molecule has 0 saturated heterocycles. The molecule has 0 spiro atoms. The highest BCUT2D eigenvalue weighted by Crippen LogP contribution is 2.43. The number of para-hydroxylation sites is 5. The summed E-state index contributed by atoms with van der Waals surface area (Å²) < 4.78 is 11.6. The van der Waals surface area contributed by atoms with Gasteiger partial charge >= 0.3 is 0 Å². The van der Waals surface area contributed by atoms with Gasteiger partial charge in [-0.1, -0.05) is 133 Å². The van der Waals surface area contributed by atoms with Crippen LogP contribution in [0.1, 0.15) is 0 Å². The lowest BCUT2D eigenvalue weighted by atomic mass is 10.0. The molecule has 3 heterocycles. The standard InChI is InChI=1S/C56H37N3O/c1-3-14-38(15-4-1)39-26-30-42(31-27-39)57(44-34-36-45(37-35-44)58-51-23-10-7-18-47(51)48-19-8-11-24-52(48)58)43-32-28-40(29-33-43)46-21-13-22-50-54-56(60-55(46)50)49-20-9-12-25-53(49)59(54)41-16-5-2-6-17-41/h1-37H. The fourth-order valence-electron chi connectivity index (χ4n) is 9.19. The van der Waals surface area contributed by atoms with E-state index in [-0.39, 0.29) is 0 Å². The largest absolute Gasteiger partial charge is 0.453 e. The second kappa shape index (κ2) is 13.8. The summed E-state index contributed by atoms with van der Waals surface area (Å²) in [6.07, 6.45) is 0. The predicted molar refractivity (Wildman–Crippen MR) is 250 cm³/mol. The molecule has 0 atom stereocenters. The van der Waals surface area contributed by atoms with Crippen molar-refractivity contribution in [2.45, 2.75) is 0 Å². The maximum atomic E-state index is 6.88. The van der Waals surface area contributed by atoms with E-state index in [2.05, 4.69) is 238 Å². The van der Waals surface area contributed by atoms with E-state index in [0.29, 0.717) is 0 Å². The molecule has 282 valence electrons. The van der Waals surface area contributed by atoms with Crippen LogP contribution >= 0.6 is 0 Å². The summed E-state index contributed by atoms with van der Waals surface area (Å²) in [7, 11) is 0. The van der Waals surface area contributed by atoms with Crippen LogP contribution in [0, 0.1) is 0 Å². The molecular formula is C56H37N3O. The molecule has 4 nitrogen and oxygen atoms in total. The van der Waals surface area contributed by atoms with Gasteiger partial charge in [0.15, 0.2) is 5.58 Å². The molecule has 0 bridgehead atoms. The SMILES string of the molecule is c1ccc(-c2ccc(N(c3ccc(-c4cccc5c4oc4c6ccccc6n(-c6ccccc6)c54)cc3)c3ccc(-n4c5ccccc5c5ccccc54)cc3)cc2)cc1. The minimum atomic E-state index is 0.889. The quantitative estimate of drug-likeness (QED) is 0.161. The van der Waals surface area contributed by atoms with Crippen molar-refractivity contribution in [2.24, 2.45) is 0 Å². The first-order valence-corrected chi connectivity index (χ1v) is 20.4. The third-order valence-corrected chi connectivity index (χ3v) is 11.9. The number of nitrogens with zero attached hydrogens (tertiary/aromatic N) is 3. The van der Waals surface area contributed by atoms with Crippen LogP contribution in [-0.2, 0) is 0 Å². The molecule has 0 aliphatic rings. The summed E-state index contributed by atoms with van der Waals surface area (Å²) in [4.78, 5) is 2.34. The number of fused-ring (bicyclic) bond motifs is 8. The summed E-state index contributed by atoms with van der Waals surface area (Å²) in [6.45, 7) is 0. The maximum Gasteiger partial charge on any atom is 0.161 e. The molecule has 60 heavy (non-hydrogen) atoms. The molecule has 0 N–H and O–H groups in total. The predicted octanol–water partition coefficient (Wildman–Crippen LogP) is 15.4. The van der Waals surface area contributed by atoms with Crippen molar-refractivity contribution in [3.63, 3.8) is 0 Å². The van der Waals surface area contributed by atoms with E-state index in [1.165, 1.54) is 32.9 Å². The molecule has 12 aromatic rings. The Hall–Kier alpha value is -8.08. The van der Waals surface area contributed by atoms with Crippen LogP contribution in [0.3, 0.4) is 0 Å². The zero-order valence-electron chi connectivity index (χ0n) is 32.6. The van der Waals surface area contributed by atoms with Gasteiger partial charge in [-0.3, -0.25) is 0 Å². The van der Waals surface area contributed by atoms with E-state index in [9.17, 15) is 0 Å². The monoisotopic (exact) mass is 767 g/mol. The van der Waals surface area contributed by atoms with Crippen LogP contribution in [0.25, 0.3) is 88.4 Å². The number of aromatic nitrogens is 2. The van der Waals surface area contributed by atoms with Crippen LogP contribution in [0.5, 0.6) is 0 Å². The summed E-state index contributed by atoms with van der Waals surface area (Å²) in [5, 5.41) is 4.71. The fraction of sp³-hybridized carbons (Fsp3) is 0. The lowest BCUT2D eigenvalue weighted by molar-refractivity contribution is 0.674. The van der Waals surface area contributed by atoms with Gasteiger partial charge in [0.25, 0.3) is 0 Å². The Morgan fingerprint density at radius 2 is 0.750 bits per heavy atom. The zero-order valence-corrected chi connectivity index (χ0v) is 32.6. The van der Waals surface area contributed by atoms with Gasteiger partial charge in [0.2, 0.25) is 0 Å². The van der Waals surface area contributed by atoms with Crippen molar-refractivity contribution < 1.29 is 4.42 Å². The molecule has 0 saturated carbocycles. The topological polar surface area (TPSA) is 26.2 Å². The van der Waals surface area contributed by atoms with E-state index in [1.807, 2.05) is 0 Å². The summed E-state index contributed by atoms with van der Waals surface area (Å²) in [5.41, 5.74) is 16.4. The highest BCUT2D eigenvalue weighted by Gasteiger charge is 2.22. The number of hydrogen-bond donors (Lipinski definition) is 0. The van der Waals surface area contributed by atoms with Crippen molar-refractivity contribution in [1.82, 2.24) is 9.13 Å². The first-order valence-electron chi connectivity index (χ1n) is 20.4. The van der Waals surface area contributed by atoms with Gasteiger partial charge in [-0.25, -0.2) is 0 Å². The molecule has 3 aromatic heterocycles. The molecule has 12 rings (SSSR count). The Morgan fingerprint density at radius 3 is 1.37 bits per heavy atom. The van der Waals surface area contributed by atoms with Gasteiger partial charge in [-0.05, 0) is 108 Å². The van der Waals surface area contributed by atoms with Crippen LogP contribution in [0.15, 0.2) is 229 Å². The summed E-state index contributed by atoms with van der Waals surface area (Å²) in [5.74, 6) is 0. The summed E-state index contributed by atoms with van der Waals surface area (Å²) in [6, 6.07) is 80.1. The van der Waals surface area contributed by atoms with Gasteiger partial charge in [0.1, 0.15) is 11.1 Å². The molecule has 0 unspecified atom stereocenters. The average molecular weight is 768 g/mol. The number of benzene rings is 9. The number of rotatable bonds is 7. The van der Waals surface area contributed by atoms with Crippen molar-refractivity contribution >= 4 is 71.8 Å². The van der Waals surface area contributed by atoms with E-state index in [0.717, 1.165) is 72.5 Å². The van der Waals surface area contributed by atoms with Crippen LogP contribution in [-0.4, -0.2) is 9.13 Å². The van der Waals surface area contributed by atoms with Crippen molar-refractivity contribution in [3.05, 3.63) is 224 Å². The second-order valence-corrected chi connectivity index (χ2v) is 15.3. The Balaban J connectivity index is 0.969. The Kier molecular flexibility index (Phi) is 7.82. The van der Waals surface area contributed by atoms with E-state index >= 15 is 0 Å². The van der Waals surface area contributed by atoms with Crippen molar-refractivity contribution in [2.75, 3.05) is 4.90 Å². The third-order valence-electron chi connectivity index (χ3n) is 11.9. The highest BCUT2D eigenvalue weighted by atomic mass is 16.3. The molecule has 0 amide bonds. The van der Waals surface area contributed by atoms with Crippen molar-refractivity contribution in [1.29, 1.82) is 0 Å². The maximum absolute atomic E-state index is 6.88. The number of anilines is 3. The number of hydrogen-bond acceptors (Lipinski definition) is 2. The van der Waals surface area contributed by atoms with Gasteiger partial charge in [0.05, 0.1) is 16.6 Å². The van der Waals surface area contributed by atoms with Gasteiger partial charge in [-0.15, -0.1) is 0 Å². The first kappa shape index (κ1) is 34.0. The van der Waals surface area contributed by atoms with E-state index in [4.69, 9.17) is 4.42 Å². The van der Waals surface area contributed by atoms with Crippen molar-refractivity contribution in [3.8, 4) is 33.6 Å². The molecule has 9 aromatic carbocycles. The number of furan rings is 1. The average Bonchev–Trinajstić information content (AvgIpc) is 3.98. The minimum absolute atomic E-state index is 0.889. The molecule has 0 aliphatic carbocycles. The smallest absolute Gasteiger partial charge is 0.161 e. The lowest BCUT2D eigenvalue weighted by Crippen LogP contribution is -2.10. The molecule has 0 radical (unpaired) electrons. The zero-order chi connectivity index (χ0) is 39.6. The summed E-state index contributed by atoms with van der Waals surface area (Å²) >= 11 is 0. The normalized spacial score (nSPS) is 11.7. The molecular weight excluding hydrogens is 731 g/mol. The lowest BCUT2D eigenvalue weighted by Gasteiger charge is -2.26. The molecule has 0 fully saturated rings. The third kappa shape index (κ3) is 5.39. The van der Waals surface area contributed by atoms with Crippen LogP contribution in [0.2, 0.25) is 0 Å². The Morgan fingerprint density at radius 1 is 0.300 bits per heavy atom. The van der Waals surface area contributed by atoms with Crippen LogP contribution in [0.4, 0.5) is 17.1 Å². The first-order chi connectivity index (χ1) is 29.8. The minimum Gasteiger partial charge on any atom is -0.453 e. The van der Waals surface area contributed by atoms with Crippen LogP contribution < -0.4 is 4.90 Å². The Labute approximate surface area is 347 Å². The second-order valence-electron chi connectivity index (χ2n) is 15.3. The molecule has 4 heteroatoms. The molecule has 0 aliphatic heterocycles. The van der Waals surface area contributed by atoms with Gasteiger partial charge in [-0.2, -0.15) is 0 Å². The fourth-order valence-corrected chi connectivity index (χ4v) is 9.19. The van der Waals surface area contributed by atoms with Gasteiger partial charge < -0.3 is 18.5 Å². The van der Waals surface area contributed by atoms with Gasteiger partial charge in [0, 0.05) is 55.5 Å². The highest BCUT2D eigenvalue weighted by molar-refractivity contribution is 6.18. The Bertz CT molecular complexity index is 3450. The van der Waals surface area contributed by atoms with E-state index in [1.54, 1.807) is 0 Å².